The number of rotatable bonds is 4. The Morgan fingerprint density at radius 2 is 2.04 bits per heavy atom. The predicted molar refractivity (Wildman–Crippen MR) is 96.9 cm³/mol. The molecule has 128 valence electrons. The van der Waals surface area contributed by atoms with Gasteiger partial charge < -0.3 is 9.88 Å². The Morgan fingerprint density at radius 3 is 2.76 bits per heavy atom. The molecule has 1 aromatic heterocycles. The molecule has 25 heavy (non-hydrogen) atoms. The molecule has 7 heteroatoms. The van der Waals surface area contributed by atoms with Crippen LogP contribution < -0.4 is 5.56 Å². The van der Waals surface area contributed by atoms with Crippen molar-refractivity contribution >= 4 is 32.7 Å². The summed E-state index contributed by atoms with van der Waals surface area (Å²) in [5, 5.41) is 0.486. The monoisotopic (exact) mass is 403 g/mol. The lowest BCUT2D eigenvalue weighted by atomic mass is 10.2. The summed E-state index contributed by atoms with van der Waals surface area (Å²) in [6, 6.07) is 11.3. The van der Waals surface area contributed by atoms with Gasteiger partial charge >= 0.3 is 0 Å². The van der Waals surface area contributed by atoms with Crippen LogP contribution in [0.3, 0.4) is 0 Å². The third-order valence-electron chi connectivity index (χ3n) is 3.83. The van der Waals surface area contributed by atoms with Gasteiger partial charge in [0.2, 0.25) is 0 Å². The van der Waals surface area contributed by atoms with Crippen molar-refractivity contribution in [2.45, 2.75) is 13.5 Å². The maximum Gasteiger partial charge on any atom is 0.258 e. The van der Waals surface area contributed by atoms with E-state index in [9.17, 15) is 14.0 Å². The maximum atomic E-state index is 14.1. The number of H-pyrrole nitrogens is 1. The first-order valence-corrected chi connectivity index (χ1v) is 8.51. The van der Waals surface area contributed by atoms with Gasteiger partial charge in [0.15, 0.2) is 0 Å². The Kier molecular flexibility index (Phi) is 4.94. The van der Waals surface area contributed by atoms with Crippen molar-refractivity contribution in [2.75, 3.05) is 6.54 Å². The molecule has 0 fully saturated rings. The molecule has 0 radical (unpaired) electrons. The normalized spacial score (nSPS) is 10.8. The molecule has 0 saturated heterocycles. The molecule has 0 bridgehead atoms. The lowest BCUT2D eigenvalue weighted by Crippen LogP contribution is -2.32. The molecular weight excluding hydrogens is 389 g/mol. The van der Waals surface area contributed by atoms with Crippen LogP contribution in [0, 0.1) is 5.82 Å². The molecule has 0 aliphatic carbocycles. The predicted octanol–water partition coefficient (Wildman–Crippen LogP) is 3.49. The van der Waals surface area contributed by atoms with E-state index in [0.29, 0.717) is 27.7 Å². The van der Waals surface area contributed by atoms with Crippen LogP contribution >= 0.6 is 15.9 Å². The minimum absolute atomic E-state index is 0.0202. The van der Waals surface area contributed by atoms with Gasteiger partial charge in [0.05, 0.1) is 23.0 Å². The number of carbonyl (C=O) groups is 1. The molecule has 2 aromatic carbocycles. The summed E-state index contributed by atoms with van der Waals surface area (Å²) in [4.78, 5) is 33.2. The number of halogens is 2. The Hall–Kier alpha value is -2.54. The second kappa shape index (κ2) is 7.14. The second-order valence-electron chi connectivity index (χ2n) is 5.47. The van der Waals surface area contributed by atoms with Crippen molar-refractivity contribution in [3.63, 3.8) is 0 Å². The molecule has 3 rings (SSSR count). The zero-order valence-corrected chi connectivity index (χ0v) is 15.0. The molecular formula is C18H15BrFN3O2. The molecule has 0 aliphatic heterocycles. The number of nitrogens with one attached hydrogen (secondary N) is 1. The minimum Gasteiger partial charge on any atom is -0.331 e. The van der Waals surface area contributed by atoms with Crippen molar-refractivity contribution < 1.29 is 9.18 Å². The quantitative estimate of drug-likeness (QED) is 0.724. The van der Waals surface area contributed by atoms with Crippen LogP contribution in [0.1, 0.15) is 23.1 Å². The highest BCUT2D eigenvalue weighted by Crippen LogP contribution is 2.17. The SMILES string of the molecule is CCN(Cc1nc2ccccc2c(=O)[nH]1)C(=O)c1ccc(Br)cc1F. The van der Waals surface area contributed by atoms with Crippen LogP contribution in [0.25, 0.3) is 10.9 Å². The number of aromatic amines is 1. The molecule has 1 heterocycles. The fourth-order valence-electron chi connectivity index (χ4n) is 2.55. The van der Waals surface area contributed by atoms with E-state index in [4.69, 9.17) is 0 Å². The molecule has 0 atom stereocenters. The Bertz CT molecular complexity index is 1000. The van der Waals surface area contributed by atoms with Crippen molar-refractivity contribution in [3.05, 3.63) is 74.5 Å². The fraction of sp³-hybridized carbons (Fsp3) is 0.167. The number of hydrogen-bond donors (Lipinski definition) is 1. The highest BCUT2D eigenvalue weighted by Gasteiger charge is 2.19. The first kappa shape index (κ1) is 17.3. The van der Waals surface area contributed by atoms with Gasteiger partial charge in [0.1, 0.15) is 11.6 Å². The van der Waals surface area contributed by atoms with E-state index < -0.39 is 11.7 Å². The fourth-order valence-corrected chi connectivity index (χ4v) is 2.88. The maximum absolute atomic E-state index is 14.1. The minimum atomic E-state index is -0.599. The van der Waals surface area contributed by atoms with E-state index in [2.05, 4.69) is 25.9 Å². The lowest BCUT2D eigenvalue weighted by molar-refractivity contribution is 0.0743. The van der Waals surface area contributed by atoms with Crippen LogP contribution in [0.4, 0.5) is 4.39 Å². The van der Waals surface area contributed by atoms with E-state index in [-0.39, 0.29) is 17.7 Å². The highest BCUT2D eigenvalue weighted by molar-refractivity contribution is 9.10. The number of para-hydroxylation sites is 1. The summed E-state index contributed by atoms with van der Waals surface area (Å²) in [6.45, 7) is 2.23. The molecule has 0 unspecified atom stereocenters. The molecule has 1 N–H and O–H groups in total. The summed E-state index contributed by atoms with van der Waals surface area (Å²) in [5.41, 5.74) is 0.270. The lowest BCUT2D eigenvalue weighted by Gasteiger charge is -2.20. The molecule has 3 aromatic rings. The van der Waals surface area contributed by atoms with Crippen LogP contribution in [0.2, 0.25) is 0 Å². The average molecular weight is 404 g/mol. The zero-order valence-electron chi connectivity index (χ0n) is 13.4. The van der Waals surface area contributed by atoms with E-state index in [1.54, 1.807) is 37.3 Å². The number of nitrogens with zero attached hydrogens (tertiary/aromatic N) is 2. The first-order chi connectivity index (χ1) is 12.0. The van der Waals surface area contributed by atoms with Gasteiger partial charge in [-0.05, 0) is 37.3 Å². The third-order valence-corrected chi connectivity index (χ3v) is 4.33. The topological polar surface area (TPSA) is 66.1 Å². The van der Waals surface area contributed by atoms with E-state index in [1.165, 1.54) is 17.0 Å². The third kappa shape index (κ3) is 3.61. The Morgan fingerprint density at radius 1 is 1.28 bits per heavy atom. The van der Waals surface area contributed by atoms with E-state index in [0.717, 1.165) is 0 Å². The number of hydrogen-bond acceptors (Lipinski definition) is 3. The summed E-state index contributed by atoms with van der Waals surface area (Å²) in [6.07, 6.45) is 0. The molecule has 0 saturated carbocycles. The standard InChI is InChI=1S/C18H15BrFN3O2/c1-2-23(18(25)12-8-7-11(19)9-14(12)20)10-16-21-15-6-4-3-5-13(15)17(24)22-16/h3-9H,2,10H2,1H3,(H,21,22,24). The summed E-state index contributed by atoms with van der Waals surface area (Å²) >= 11 is 3.17. The number of amides is 1. The van der Waals surface area contributed by atoms with Gasteiger partial charge in [-0.15, -0.1) is 0 Å². The smallest absolute Gasteiger partial charge is 0.258 e. The highest BCUT2D eigenvalue weighted by atomic mass is 79.9. The van der Waals surface area contributed by atoms with Crippen LogP contribution in [-0.2, 0) is 6.54 Å². The van der Waals surface area contributed by atoms with Gasteiger partial charge in [-0.2, -0.15) is 0 Å². The van der Waals surface area contributed by atoms with Gasteiger partial charge in [-0.3, -0.25) is 9.59 Å². The van der Waals surface area contributed by atoms with Gasteiger partial charge in [-0.25, -0.2) is 9.37 Å². The zero-order chi connectivity index (χ0) is 18.0. The van der Waals surface area contributed by atoms with Gasteiger partial charge in [-0.1, -0.05) is 28.1 Å². The molecule has 1 amide bonds. The summed E-state index contributed by atoms with van der Waals surface area (Å²) < 4.78 is 14.6. The molecule has 0 aliphatic rings. The number of aromatic nitrogens is 2. The van der Waals surface area contributed by atoms with E-state index >= 15 is 0 Å². The van der Waals surface area contributed by atoms with Crippen molar-refractivity contribution in [1.29, 1.82) is 0 Å². The second-order valence-corrected chi connectivity index (χ2v) is 6.39. The van der Waals surface area contributed by atoms with Crippen LogP contribution in [0.15, 0.2) is 51.7 Å². The van der Waals surface area contributed by atoms with E-state index in [1.807, 2.05) is 0 Å². The average Bonchev–Trinajstić information content (AvgIpc) is 2.59. The first-order valence-electron chi connectivity index (χ1n) is 7.72. The van der Waals surface area contributed by atoms with Crippen molar-refractivity contribution in [3.8, 4) is 0 Å². The molecule has 0 spiro atoms. The van der Waals surface area contributed by atoms with Gasteiger partial charge in [0.25, 0.3) is 11.5 Å². The summed E-state index contributed by atoms with van der Waals surface area (Å²) in [5.74, 6) is -0.697. The number of carbonyl (C=O) groups excluding carboxylic acids is 1. The number of benzene rings is 2. The molecule has 5 nitrogen and oxygen atoms in total. The Labute approximate surface area is 151 Å². The van der Waals surface area contributed by atoms with Crippen molar-refractivity contribution in [2.24, 2.45) is 0 Å². The van der Waals surface area contributed by atoms with Crippen molar-refractivity contribution in [1.82, 2.24) is 14.9 Å². The van der Waals surface area contributed by atoms with Gasteiger partial charge in [0, 0.05) is 11.0 Å². The van der Waals surface area contributed by atoms with Crippen LogP contribution in [-0.4, -0.2) is 27.3 Å². The number of fused-ring (bicyclic) bond motifs is 1. The van der Waals surface area contributed by atoms with Crippen LogP contribution in [0.5, 0.6) is 0 Å². The Balaban J connectivity index is 1.92. The summed E-state index contributed by atoms with van der Waals surface area (Å²) in [7, 11) is 0. The largest absolute Gasteiger partial charge is 0.331 e.